The van der Waals surface area contributed by atoms with Gasteiger partial charge in [-0.05, 0) is 46.3 Å². The van der Waals surface area contributed by atoms with E-state index >= 15 is 0 Å². The zero-order valence-corrected chi connectivity index (χ0v) is 19.8. The second-order valence-electron chi connectivity index (χ2n) is 9.40. The van der Waals surface area contributed by atoms with Gasteiger partial charge in [0.15, 0.2) is 0 Å². The Morgan fingerprint density at radius 3 is 1.29 bits per heavy atom. The molecule has 170 valence electrons. The molecule has 0 fully saturated rings. The van der Waals surface area contributed by atoms with Gasteiger partial charge in [-0.3, -0.25) is 0 Å². The van der Waals surface area contributed by atoms with Crippen LogP contribution in [0.5, 0.6) is 0 Å². The smallest absolute Gasteiger partial charge is 0.0715 e. The van der Waals surface area contributed by atoms with Crippen LogP contribution in [0.15, 0.2) is 0 Å². The van der Waals surface area contributed by atoms with Crippen LogP contribution in [0.25, 0.3) is 0 Å². The molecule has 0 aromatic heterocycles. The molecule has 28 heavy (non-hydrogen) atoms. The Morgan fingerprint density at radius 2 is 0.857 bits per heavy atom. The second kappa shape index (κ2) is 21.6. The third kappa shape index (κ3) is 25.9. The summed E-state index contributed by atoms with van der Waals surface area (Å²) in [5.74, 6) is 0. The Balaban J connectivity index is 3.01. The molecule has 0 saturated heterocycles. The summed E-state index contributed by atoms with van der Waals surface area (Å²) in [7, 11) is 0. The third-order valence-corrected chi connectivity index (χ3v) is 5.47. The molecule has 0 spiro atoms. The van der Waals surface area contributed by atoms with Crippen molar-refractivity contribution in [3.8, 4) is 0 Å². The zero-order chi connectivity index (χ0) is 20.8. The third-order valence-electron chi connectivity index (χ3n) is 5.47. The van der Waals surface area contributed by atoms with Gasteiger partial charge in [0.05, 0.1) is 5.60 Å². The molecule has 0 aliphatic carbocycles. The van der Waals surface area contributed by atoms with Crippen molar-refractivity contribution in [3.05, 3.63) is 0 Å². The molecule has 0 radical (unpaired) electrons. The Bertz CT molecular complexity index is 289. The highest BCUT2D eigenvalue weighted by Crippen LogP contribution is 2.13. The van der Waals surface area contributed by atoms with Crippen LogP contribution in [0.4, 0.5) is 0 Å². The summed E-state index contributed by atoms with van der Waals surface area (Å²) in [5, 5.41) is 16.4. The summed E-state index contributed by atoms with van der Waals surface area (Å²) in [6, 6.07) is 0. The highest BCUT2D eigenvalue weighted by Gasteiger charge is 2.10. The molecule has 3 nitrogen and oxygen atoms in total. The normalized spacial score (nSPS) is 12.0. The quantitative estimate of drug-likeness (QED) is 0.170. The minimum absolute atomic E-state index is 0.596. The fraction of sp³-hybridized carbons (Fsp3) is 1.00. The van der Waals surface area contributed by atoms with Crippen molar-refractivity contribution in [1.29, 1.82) is 0 Å². The Hall–Kier alpha value is -0.120. The lowest BCUT2D eigenvalue weighted by Crippen LogP contribution is -2.35. The van der Waals surface area contributed by atoms with E-state index in [2.05, 4.69) is 17.6 Å². The van der Waals surface area contributed by atoms with E-state index in [4.69, 9.17) is 0 Å². The lowest BCUT2D eigenvalue weighted by atomic mass is 10.0. The zero-order valence-electron chi connectivity index (χ0n) is 19.8. The first-order valence-corrected chi connectivity index (χ1v) is 12.7. The molecule has 0 rings (SSSR count). The predicted octanol–water partition coefficient (Wildman–Crippen LogP) is 6.59. The van der Waals surface area contributed by atoms with E-state index < -0.39 is 5.60 Å². The molecule has 0 aliphatic heterocycles. The molecule has 3 N–H and O–H groups in total. The van der Waals surface area contributed by atoms with Gasteiger partial charge in [0.1, 0.15) is 0 Å². The van der Waals surface area contributed by atoms with Crippen LogP contribution in [0.3, 0.4) is 0 Å². The van der Waals surface area contributed by atoms with E-state index in [1.807, 2.05) is 13.8 Å². The summed E-state index contributed by atoms with van der Waals surface area (Å²) in [5.41, 5.74) is -0.596. The molecular weight excluding hydrogens is 344 g/mol. The molecule has 3 heteroatoms. The molecule has 0 aromatic carbocycles. The van der Waals surface area contributed by atoms with Crippen molar-refractivity contribution in [2.75, 3.05) is 26.2 Å². The first kappa shape index (κ1) is 27.9. The number of unbranched alkanes of at least 4 members (excludes halogenated alkanes) is 15. The van der Waals surface area contributed by atoms with Gasteiger partial charge >= 0.3 is 0 Å². The molecule has 0 aromatic rings. The second-order valence-corrected chi connectivity index (χ2v) is 9.40. The largest absolute Gasteiger partial charge is 0.389 e. The van der Waals surface area contributed by atoms with Crippen LogP contribution < -0.4 is 10.6 Å². The van der Waals surface area contributed by atoms with Crippen LogP contribution in [0.2, 0.25) is 0 Å². The first-order chi connectivity index (χ1) is 13.6. The van der Waals surface area contributed by atoms with Crippen LogP contribution in [-0.4, -0.2) is 36.9 Å². The summed E-state index contributed by atoms with van der Waals surface area (Å²) < 4.78 is 0. The summed E-state index contributed by atoms with van der Waals surface area (Å²) in [4.78, 5) is 0. The van der Waals surface area contributed by atoms with Crippen molar-refractivity contribution >= 4 is 0 Å². The van der Waals surface area contributed by atoms with Gasteiger partial charge in [-0.1, -0.05) is 103 Å². The average molecular weight is 399 g/mol. The average Bonchev–Trinajstić information content (AvgIpc) is 2.65. The van der Waals surface area contributed by atoms with Gasteiger partial charge in [-0.15, -0.1) is 0 Å². The molecule has 0 aliphatic rings. The number of nitrogens with one attached hydrogen (secondary N) is 2. The molecule has 0 saturated carbocycles. The van der Waals surface area contributed by atoms with Crippen LogP contribution >= 0.6 is 0 Å². The van der Waals surface area contributed by atoms with Gasteiger partial charge in [0, 0.05) is 6.54 Å². The van der Waals surface area contributed by atoms with Crippen molar-refractivity contribution < 1.29 is 5.11 Å². The minimum Gasteiger partial charge on any atom is -0.389 e. The van der Waals surface area contributed by atoms with Gasteiger partial charge < -0.3 is 15.7 Å². The number of aliphatic hydroxyl groups is 1. The van der Waals surface area contributed by atoms with Gasteiger partial charge in [0.2, 0.25) is 0 Å². The van der Waals surface area contributed by atoms with Gasteiger partial charge in [-0.2, -0.15) is 0 Å². The van der Waals surface area contributed by atoms with E-state index in [1.54, 1.807) is 0 Å². The van der Waals surface area contributed by atoms with E-state index in [0.717, 1.165) is 26.1 Å². The Morgan fingerprint density at radius 1 is 0.500 bits per heavy atom. The lowest BCUT2D eigenvalue weighted by molar-refractivity contribution is 0.0799. The number of rotatable bonds is 23. The van der Waals surface area contributed by atoms with E-state index in [-0.39, 0.29) is 0 Å². The van der Waals surface area contributed by atoms with Crippen molar-refractivity contribution in [3.63, 3.8) is 0 Å². The fourth-order valence-corrected chi connectivity index (χ4v) is 3.66. The maximum Gasteiger partial charge on any atom is 0.0715 e. The molecule has 0 heterocycles. The topological polar surface area (TPSA) is 44.3 Å². The molecule has 0 bridgehead atoms. The minimum atomic E-state index is -0.596. The standard InChI is InChI=1S/C25H54N2O/c1-4-5-6-7-8-9-10-11-12-13-14-15-16-17-18-19-21-26-22-20-23-27-24-25(2,3)28/h26-28H,4-24H2,1-3H3. The summed E-state index contributed by atoms with van der Waals surface area (Å²) in [6.45, 7) is 9.87. The van der Waals surface area contributed by atoms with Crippen LogP contribution in [0, 0.1) is 0 Å². The van der Waals surface area contributed by atoms with Crippen LogP contribution in [0.1, 0.15) is 130 Å². The number of hydrogen-bond acceptors (Lipinski definition) is 3. The Kier molecular flexibility index (Phi) is 21.5. The lowest BCUT2D eigenvalue weighted by Gasteiger charge is -2.17. The number of hydrogen-bond donors (Lipinski definition) is 3. The molecule has 0 unspecified atom stereocenters. The SMILES string of the molecule is CCCCCCCCCCCCCCCCCCNCCCNCC(C)(C)O. The van der Waals surface area contributed by atoms with Crippen LogP contribution in [-0.2, 0) is 0 Å². The van der Waals surface area contributed by atoms with E-state index in [0.29, 0.717) is 6.54 Å². The van der Waals surface area contributed by atoms with E-state index in [9.17, 15) is 5.11 Å². The highest BCUT2D eigenvalue weighted by atomic mass is 16.3. The van der Waals surface area contributed by atoms with Crippen molar-refractivity contribution in [2.24, 2.45) is 0 Å². The van der Waals surface area contributed by atoms with Crippen molar-refractivity contribution in [1.82, 2.24) is 10.6 Å². The maximum atomic E-state index is 9.60. The molecule has 0 atom stereocenters. The monoisotopic (exact) mass is 398 g/mol. The van der Waals surface area contributed by atoms with Gasteiger partial charge in [0.25, 0.3) is 0 Å². The molecular formula is C25H54N2O. The van der Waals surface area contributed by atoms with Gasteiger partial charge in [-0.25, -0.2) is 0 Å². The predicted molar refractivity (Wildman–Crippen MR) is 126 cm³/mol. The first-order valence-electron chi connectivity index (χ1n) is 12.7. The van der Waals surface area contributed by atoms with Crippen molar-refractivity contribution in [2.45, 2.75) is 136 Å². The molecule has 0 amide bonds. The summed E-state index contributed by atoms with van der Waals surface area (Å²) >= 11 is 0. The highest BCUT2D eigenvalue weighted by molar-refractivity contribution is 4.68. The maximum absolute atomic E-state index is 9.60. The summed E-state index contributed by atoms with van der Waals surface area (Å²) in [6.07, 6.45) is 24.0. The Labute approximate surface area is 177 Å². The van der Waals surface area contributed by atoms with E-state index in [1.165, 1.54) is 103 Å². The fourth-order valence-electron chi connectivity index (χ4n) is 3.66.